The Labute approximate surface area is 212 Å². The van der Waals surface area contributed by atoms with Crippen LogP contribution in [0.2, 0.25) is 0 Å². The second-order valence-electron chi connectivity index (χ2n) is 8.96. The van der Waals surface area contributed by atoms with Crippen molar-refractivity contribution >= 4 is 11.7 Å². The zero-order chi connectivity index (χ0) is 25.2. The molecule has 1 aliphatic heterocycles. The van der Waals surface area contributed by atoms with Crippen LogP contribution < -0.4 is 4.74 Å². The molecule has 3 aromatic rings. The molecule has 0 saturated carbocycles. The number of carboxylic acid groups (broad SMARTS) is 1. The third-order valence-corrected chi connectivity index (χ3v) is 6.17. The molecular weight excluding hydrogens is 454 g/mol. The van der Waals surface area contributed by atoms with Crippen molar-refractivity contribution in [3.8, 4) is 16.9 Å². The van der Waals surface area contributed by atoms with Gasteiger partial charge >= 0.3 is 5.97 Å². The molecule has 1 aliphatic rings. The third-order valence-electron chi connectivity index (χ3n) is 6.17. The van der Waals surface area contributed by atoms with Gasteiger partial charge in [0.05, 0.1) is 6.42 Å². The summed E-state index contributed by atoms with van der Waals surface area (Å²) in [7, 11) is 2.15. The Morgan fingerprint density at radius 3 is 2.33 bits per heavy atom. The van der Waals surface area contributed by atoms with Gasteiger partial charge in [-0.2, -0.15) is 0 Å². The van der Waals surface area contributed by atoms with E-state index in [2.05, 4.69) is 58.4 Å². The summed E-state index contributed by atoms with van der Waals surface area (Å²) in [5.74, 6) is -0.245. The first kappa shape index (κ1) is 25.4. The minimum Gasteiger partial charge on any atom is -0.490 e. The van der Waals surface area contributed by atoms with Gasteiger partial charge in [0.1, 0.15) is 18.1 Å². The lowest BCUT2D eigenvalue weighted by atomic mass is 10.0. The van der Waals surface area contributed by atoms with Crippen molar-refractivity contribution in [2.75, 3.05) is 53.0 Å². The maximum atomic E-state index is 10.9. The van der Waals surface area contributed by atoms with Crippen LogP contribution in [0, 0.1) is 0 Å². The predicted molar refractivity (Wildman–Crippen MR) is 142 cm³/mol. The Hall–Kier alpha value is -3.68. The number of hydrogen-bond acceptors (Lipinski definition) is 6. The second kappa shape index (κ2) is 12.9. The van der Waals surface area contributed by atoms with Crippen LogP contribution >= 0.6 is 0 Å². The minimum absolute atomic E-state index is 0.0310. The van der Waals surface area contributed by atoms with Crippen LogP contribution in [-0.2, 0) is 16.1 Å². The first-order valence-electron chi connectivity index (χ1n) is 12.3. The van der Waals surface area contributed by atoms with E-state index >= 15 is 0 Å². The summed E-state index contributed by atoms with van der Waals surface area (Å²) in [6.45, 7) is 5.38. The molecule has 7 nitrogen and oxygen atoms in total. The molecule has 0 unspecified atom stereocenters. The monoisotopic (exact) mass is 487 g/mol. The molecule has 1 heterocycles. The largest absolute Gasteiger partial charge is 0.490 e. The molecule has 0 radical (unpaired) electrons. The number of hydrogen-bond donors (Lipinski definition) is 1. The number of carbonyl (C=O) groups is 1. The Kier molecular flexibility index (Phi) is 9.08. The van der Waals surface area contributed by atoms with E-state index in [9.17, 15) is 4.79 Å². The average molecular weight is 488 g/mol. The van der Waals surface area contributed by atoms with Crippen LogP contribution in [-0.4, -0.2) is 79.6 Å². The smallest absolute Gasteiger partial charge is 0.307 e. The highest BCUT2D eigenvalue weighted by atomic mass is 16.6. The fraction of sp³-hybridized carbons (Fsp3) is 0.310. The Morgan fingerprint density at radius 2 is 1.61 bits per heavy atom. The van der Waals surface area contributed by atoms with Gasteiger partial charge in [-0.1, -0.05) is 71.9 Å². The third kappa shape index (κ3) is 7.66. The molecule has 0 atom stereocenters. The summed E-state index contributed by atoms with van der Waals surface area (Å²) in [4.78, 5) is 21.3. The summed E-state index contributed by atoms with van der Waals surface area (Å²) in [6, 6.07) is 25.9. The number of rotatable bonds is 11. The van der Waals surface area contributed by atoms with E-state index in [1.165, 1.54) is 5.56 Å². The van der Waals surface area contributed by atoms with Crippen molar-refractivity contribution in [2.45, 2.75) is 6.42 Å². The highest BCUT2D eigenvalue weighted by Crippen LogP contribution is 2.20. The summed E-state index contributed by atoms with van der Waals surface area (Å²) in [6.07, 6.45) is -0.0310. The van der Waals surface area contributed by atoms with Gasteiger partial charge in [-0.3, -0.25) is 9.69 Å². The van der Waals surface area contributed by atoms with Crippen molar-refractivity contribution < 1.29 is 19.5 Å². The number of ether oxygens (including phenoxy) is 1. The lowest BCUT2D eigenvalue weighted by Gasteiger charge is -2.32. The second-order valence-corrected chi connectivity index (χ2v) is 8.96. The summed E-state index contributed by atoms with van der Waals surface area (Å²) in [5, 5.41) is 13.5. The Morgan fingerprint density at radius 1 is 0.889 bits per heavy atom. The number of aliphatic carboxylic acids is 1. The quantitative estimate of drug-likeness (QED) is 0.250. The maximum absolute atomic E-state index is 10.9. The van der Waals surface area contributed by atoms with Crippen LogP contribution in [0.5, 0.6) is 5.75 Å². The standard InChI is InChI=1S/C29H33N3O4/c1-31-14-16-32(17-15-31)22-28(26-12-10-25(11-13-26)24-7-3-2-4-8-24)30-36-19-18-35-27-9-5-6-23(20-27)21-29(33)34/h2-13,20H,14-19,21-22H2,1H3,(H,33,34). The molecule has 0 aromatic heterocycles. The van der Waals surface area contributed by atoms with Crippen LogP contribution in [0.15, 0.2) is 84.0 Å². The zero-order valence-electron chi connectivity index (χ0n) is 20.7. The minimum atomic E-state index is -0.866. The maximum Gasteiger partial charge on any atom is 0.307 e. The van der Waals surface area contributed by atoms with Crippen molar-refractivity contribution in [2.24, 2.45) is 5.16 Å². The summed E-state index contributed by atoms with van der Waals surface area (Å²) >= 11 is 0. The molecular formula is C29H33N3O4. The predicted octanol–water partition coefficient (Wildman–Crippen LogP) is 4.03. The van der Waals surface area contributed by atoms with Gasteiger partial charge in [0, 0.05) is 38.3 Å². The lowest BCUT2D eigenvalue weighted by Crippen LogP contribution is -2.46. The van der Waals surface area contributed by atoms with Crippen molar-refractivity contribution in [1.29, 1.82) is 0 Å². The number of benzene rings is 3. The molecule has 3 aromatic carbocycles. The van der Waals surface area contributed by atoms with Crippen LogP contribution in [0.3, 0.4) is 0 Å². The molecule has 0 spiro atoms. The van der Waals surface area contributed by atoms with Crippen LogP contribution in [0.25, 0.3) is 11.1 Å². The molecule has 0 amide bonds. The first-order valence-corrected chi connectivity index (χ1v) is 12.3. The molecule has 1 saturated heterocycles. The first-order chi connectivity index (χ1) is 17.6. The lowest BCUT2D eigenvalue weighted by molar-refractivity contribution is -0.136. The van der Waals surface area contributed by atoms with Crippen LogP contribution in [0.1, 0.15) is 11.1 Å². The van der Waals surface area contributed by atoms with Gasteiger partial charge in [-0.15, -0.1) is 0 Å². The molecule has 0 bridgehead atoms. The van der Waals surface area contributed by atoms with E-state index in [0.717, 1.165) is 49.6 Å². The fourth-order valence-electron chi connectivity index (χ4n) is 4.12. The van der Waals surface area contributed by atoms with Crippen molar-refractivity contribution in [3.63, 3.8) is 0 Å². The highest BCUT2D eigenvalue weighted by molar-refractivity contribution is 6.02. The number of nitrogens with zero attached hydrogens (tertiary/aromatic N) is 3. The van der Waals surface area contributed by atoms with E-state index in [-0.39, 0.29) is 13.0 Å². The van der Waals surface area contributed by atoms with E-state index in [1.54, 1.807) is 18.2 Å². The van der Waals surface area contributed by atoms with Gasteiger partial charge in [0.2, 0.25) is 0 Å². The van der Waals surface area contributed by atoms with Gasteiger partial charge in [-0.05, 0) is 35.9 Å². The Balaban J connectivity index is 1.38. The number of carboxylic acids is 1. The number of oxime groups is 1. The number of piperazine rings is 1. The van der Waals surface area contributed by atoms with Crippen molar-refractivity contribution in [3.05, 3.63) is 90.0 Å². The van der Waals surface area contributed by atoms with E-state index < -0.39 is 5.97 Å². The normalized spacial score (nSPS) is 15.0. The summed E-state index contributed by atoms with van der Waals surface area (Å²) < 4.78 is 5.74. The molecule has 36 heavy (non-hydrogen) atoms. The molecule has 7 heteroatoms. The van der Waals surface area contributed by atoms with Crippen molar-refractivity contribution in [1.82, 2.24) is 9.80 Å². The molecule has 4 rings (SSSR count). The SMILES string of the molecule is CN1CCN(CC(=NOCCOc2cccc(CC(=O)O)c2)c2ccc(-c3ccccc3)cc2)CC1. The Bertz CT molecular complexity index is 1140. The molecule has 1 fully saturated rings. The fourth-order valence-corrected chi connectivity index (χ4v) is 4.12. The van der Waals surface area contributed by atoms with Crippen LogP contribution in [0.4, 0.5) is 0 Å². The van der Waals surface area contributed by atoms with E-state index in [0.29, 0.717) is 17.9 Å². The molecule has 188 valence electrons. The highest BCUT2D eigenvalue weighted by Gasteiger charge is 2.17. The average Bonchev–Trinajstić information content (AvgIpc) is 2.89. The van der Waals surface area contributed by atoms with Gasteiger partial charge in [-0.25, -0.2) is 0 Å². The topological polar surface area (TPSA) is 74.6 Å². The van der Waals surface area contributed by atoms with Gasteiger partial charge in [0.25, 0.3) is 0 Å². The van der Waals surface area contributed by atoms with E-state index in [1.807, 2.05) is 24.3 Å². The van der Waals surface area contributed by atoms with Gasteiger partial charge in [0.15, 0.2) is 6.61 Å². The van der Waals surface area contributed by atoms with E-state index in [4.69, 9.17) is 14.7 Å². The van der Waals surface area contributed by atoms with Gasteiger partial charge < -0.3 is 19.6 Å². The zero-order valence-corrected chi connectivity index (χ0v) is 20.7. The molecule has 0 aliphatic carbocycles. The summed E-state index contributed by atoms with van der Waals surface area (Å²) in [5.41, 5.74) is 4.98. The number of likely N-dealkylation sites (N-methyl/N-ethyl adjacent to an activating group) is 1. The molecule has 1 N–H and O–H groups in total.